The normalized spacial score (nSPS) is 24.1. The number of halogens is 1. The summed E-state index contributed by atoms with van der Waals surface area (Å²) in [6.07, 6.45) is -0.882. The summed E-state index contributed by atoms with van der Waals surface area (Å²) in [5, 5.41) is 9.41. The first-order valence-electron chi connectivity index (χ1n) is 6.00. The van der Waals surface area contributed by atoms with Gasteiger partial charge in [-0.25, -0.2) is 4.42 Å². The zero-order valence-corrected chi connectivity index (χ0v) is 10.6. The highest BCUT2D eigenvalue weighted by Crippen LogP contribution is 2.40. The maximum atomic E-state index is 9.41. The average molecular weight is 271 g/mol. The summed E-state index contributed by atoms with van der Waals surface area (Å²) in [6, 6.07) is 5.71. The van der Waals surface area contributed by atoms with Crippen molar-refractivity contribution >= 4 is 17.5 Å². The van der Waals surface area contributed by atoms with Gasteiger partial charge >= 0.3 is 0 Å². The van der Waals surface area contributed by atoms with E-state index in [0.717, 1.165) is 31.9 Å². The number of hydrogen-bond donors (Lipinski definition) is 1. The fourth-order valence-corrected chi connectivity index (χ4v) is 2.40. The lowest BCUT2D eigenvalue weighted by molar-refractivity contribution is -0.0667. The van der Waals surface area contributed by atoms with Gasteiger partial charge in [0.1, 0.15) is 0 Å². The van der Waals surface area contributed by atoms with Crippen molar-refractivity contribution in [2.75, 3.05) is 37.7 Å². The molecule has 0 aliphatic carbocycles. The Morgan fingerprint density at radius 1 is 1.22 bits per heavy atom. The van der Waals surface area contributed by atoms with Gasteiger partial charge in [-0.15, -0.1) is 0 Å². The molecule has 0 saturated carbocycles. The van der Waals surface area contributed by atoms with E-state index in [1.54, 1.807) is 10.5 Å². The van der Waals surface area contributed by atoms with Crippen molar-refractivity contribution in [2.24, 2.45) is 0 Å². The zero-order valence-electron chi connectivity index (χ0n) is 9.88. The van der Waals surface area contributed by atoms with Gasteiger partial charge in [0.05, 0.1) is 5.69 Å². The van der Waals surface area contributed by atoms with E-state index in [1.807, 2.05) is 12.1 Å². The topological polar surface area (TPSA) is 45.2 Å². The molecular formula is C12H15ClN2O3. The summed E-state index contributed by atoms with van der Waals surface area (Å²) < 4.78 is 12.7. The second-order valence-electron chi connectivity index (χ2n) is 4.38. The molecule has 98 valence electrons. The minimum absolute atomic E-state index is 0.166. The Balaban J connectivity index is 1.86. The molecule has 1 aromatic rings. The Kier molecular flexibility index (Phi) is 3.20. The second-order valence-corrected chi connectivity index (χ2v) is 4.86. The van der Waals surface area contributed by atoms with E-state index in [1.165, 1.54) is 0 Å². The van der Waals surface area contributed by atoms with Crippen LogP contribution < -0.4 is 14.4 Å². The summed E-state index contributed by atoms with van der Waals surface area (Å²) in [5.74, 6) is 1.31. The summed E-state index contributed by atoms with van der Waals surface area (Å²) in [5.41, 5.74) is 1.00. The molecule has 0 spiro atoms. The van der Waals surface area contributed by atoms with Crippen molar-refractivity contribution in [3.63, 3.8) is 0 Å². The maximum absolute atomic E-state index is 9.41. The number of benzene rings is 1. The molecule has 1 fully saturated rings. The zero-order chi connectivity index (χ0) is 12.5. The molecule has 2 aliphatic rings. The van der Waals surface area contributed by atoms with Crippen LogP contribution >= 0.6 is 11.8 Å². The van der Waals surface area contributed by atoms with Crippen molar-refractivity contribution in [3.8, 4) is 11.5 Å². The molecule has 0 radical (unpaired) electrons. The first-order chi connectivity index (χ1) is 8.74. The second kappa shape index (κ2) is 4.84. The van der Waals surface area contributed by atoms with Gasteiger partial charge in [-0.3, -0.25) is 0 Å². The summed E-state index contributed by atoms with van der Waals surface area (Å²) >= 11 is 5.95. The average Bonchev–Trinajstić information content (AvgIpc) is 2.38. The highest BCUT2D eigenvalue weighted by atomic mass is 35.5. The minimum atomic E-state index is -0.882. The van der Waals surface area contributed by atoms with Crippen molar-refractivity contribution < 1.29 is 14.6 Å². The van der Waals surface area contributed by atoms with Crippen LogP contribution in [0.2, 0.25) is 0 Å². The number of aliphatic hydroxyl groups is 1. The van der Waals surface area contributed by atoms with Crippen LogP contribution in [0.5, 0.6) is 11.5 Å². The molecule has 1 unspecified atom stereocenters. The third-order valence-electron chi connectivity index (χ3n) is 3.16. The Labute approximate surface area is 111 Å². The fourth-order valence-electron chi connectivity index (χ4n) is 2.25. The molecule has 0 amide bonds. The number of ether oxygens (including phenoxy) is 2. The van der Waals surface area contributed by atoms with Crippen LogP contribution in [0.15, 0.2) is 18.2 Å². The van der Waals surface area contributed by atoms with Crippen LogP contribution in [0.4, 0.5) is 5.69 Å². The van der Waals surface area contributed by atoms with Gasteiger partial charge in [0.25, 0.3) is 0 Å². The van der Waals surface area contributed by atoms with Crippen LogP contribution in [0.25, 0.3) is 0 Å². The van der Waals surface area contributed by atoms with Gasteiger partial charge in [0.2, 0.25) is 6.29 Å². The quantitative estimate of drug-likeness (QED) is 0.773. The van der Waals surface area contributed by atoms with Gasteiger partial charge < -0.3 is 19.5 Å². The Bertz CT molecular complexity index is 435. The highest BCUT2D eigenvalue weighted by Gasteiger charge is 2.25. The SMILES string of the molecule is OC1COc2c(cccc2N2CCN(Cl)CC2)O1. The number of rotatable bonds is 1. The fraction of sp³-hybridized carbons (Fsp3) is 0.500. The van der Waals surface area contributed by atoms with E-state index in [4.69, 9.17) is 21.3 Å². The van der Waals surface area contributed by atoms with E-state index in [-0.39, 0.29) is 6.61 Å². The number of nitrogens with zero attached hydrogens (tertiary/aromatic N) is 2. The molecule has 3 rings (SSSR count). The van der Waals surface area contributed by atoms with E-state index in [0.29, 0.717) is 11.5 Å². The third kappa shape index (κ3) is 2.21. The summed E-state index contributed by atoms with van der Waals surface area (Å²) in [7, 11) is 0. The van der Waals surface area contributed by atoms with E-state index in [2.05, 4.69) is 4.90 Å². The Hall–Kier alpha value is -1.17. The van der Waals surface area contributed by atoms with Gasteiger partial charge in [-0.05, 0) is 23.9 Å². The predicted molar refractivity (Wildman–Crippen MR) is 68.2 cm³/mol. The lowest BCUT2D eigenvalue weighted by atomic mass is 10.2. The largest absolute Gasteiger partial charge is 0.481 e. The van der Waals surface area contributed by atoms with Crippen molar-refractivity contribution in [2.45, 2.75) is 6.29 Å². The number of piperazine rings is 1. The predicted octanol–water partition coefficient (Wildman–Crippen LogP) is 1.05. The van der Waals surface area contributed by atoms with Crippen LogP contribution in [-0.2, 0) is 0 Å². The minimum Gasteiger partial charge on any atom is -0.481 e. The Morgan fingerprint density at radius 2 is 2.00 bits per heavy atom. The first kappa shape index (κ1) is 11.9. The molecular weight excluding hydrogens is 256 g/mol. The molecule has 0 aromatic heterocycles. The monoisotopic (exact) mass is 270 g/mol. The van der Waals surface area contributed by atoms with E-state index >= 15 is 0 Å². The number of fused-ring (bicyclic) bond motifs is 1. The summed E-state index contributed by atoms with van der Waals surface area (Å²) in [6.45, 7) is 3.50. The lowest BCUT2D eigenvalue weighted by Crippen LogP contribution is -2.43. The summed E-state index contributed by atoms with van der Waals surface area (Å²) in [4.78, 5) is 2.22. The molecule has 6 heteroatoms. The number of anilines is 1. The number of para-hydroxylation sites is 1. The van der Waals surface area contributed by atoms with E-state index < -0.39 is 6.29 Å². The molecule has 2 aliphatic heterocycles. The molecule has 0 bridgehead atoms. The van der Waals surface area contributed by atoms with Gasteiger partial charge in [0.15, 0.2) is 18.1 Å². The van der Waals surface area contributed by atoms with Gasteiger partial charge in [0, 0.05) is 26.2 Å². The van der Waals surface area contributed by atoms with Crippen molar-refractivity contribution in [1.29, 1.82) is 0 Å². The van der Waals surface area contributed by atoms with Crippen molar-refractivity contribution in [1.82, 2.24) is 4.42 Å². The molecule has 1 N–H and O–H groups in total. The third-order valence-corrected chi connectivity index (χ3v) is 3.50. The van der Waals surface area contributed by atoms with Crippen molar-refractivity contribution in [3.05, 3.63) is 18.2 Å². The molecule has 1 atom stereocenters. The smallest absolute Gasteiger partial charge is 0.232 e. The van der Waals surface area contributed by atoms with Gasteiger partial charge in [-0.1, -0.05) is 6.07 Å². The number of aliphatic hydroxyl groups excluding tert-OH is 1. The van der Waals surface area contributed by atoms with Crippen LogP contribution in [0.3, 0.4) is 0 Å². The standard InChI is InChI=1S/C12H15ClN2O3/c13-15-6-4-14(5-7-15)9-2-1-3-10-12(9)17-8-11(16)18-10/h1-3,11,16H,4-8H2. The van der Waals surface area contributed by atoms with Crippen LogP contribution in [0.1, 0.15) is 0 Å². The maximum Gasteiger partial charge on any atom is 0.232 e. The molecule has 1 aromatic carbocycles. The molecule has 1 saturated heterocycles. The number of hydrogen-bond acceptors (Lipinski definition) is 5. The van der Waals surface area contributed by atoms with E-state index in [9.17, 15) is 5.11 Å². The molecule has 5 nitrogen and oxygen atoms in total. The van der Waals surface area contributed by atoms with Gasteiger partial charge in [-0.2, -0.15) is 0 Å². The Morgan fingerprint density at radius 3 is 2.78 bits per heavy atom. The lowest BCUT2D eigenvalue weighted by Gasteiger charge is -2.35. The highest BCUT2D eigenvalue weighted by molar-refractivity contribution is 6.13. The van der Waals surface area contributed by atoms with Crippen LogP contribution in [0, 0.1) is 0 Å². The first-order valence-corrected chi connectivity index (χ1v) is 6.34. The molecule has 2 heterocycles. The molecule has 18 heavy (non-hydrogen) atoms. The van der Waals surface area contributed by atoms with Crippen LogP contribution in [-0.4, -0.2) is 48.6 Å².